The van der Waals surface area contributed by atoms with Gasteiger partial charge >= 0.3 is 5.88 Å². The quantitative estimate of drug-likeness (QED) is 0.248. The largest absolute Gasteiger partial charge is 0.433 e. The molecule has 0 fully saturated rings. The molecule has 0 aromatic carbocycles. The molecule has 1 heterocycles. The molecule has 0 saturated heterocycles. The van der Waals surface area contributed by atoms with Crippen molar-refractivity contribution in [1.82, 2.24) is 10.3 Å². The maximum Gasteiger partial charge on any atom is 0.433 e. The van der Waals surface area contributed by atoms with E-state index < -0.39 is 10.8 Å². The predicted octanol–water partition coefficient (Wildman–Crippen LogP) is 1.64. The number of nitro groups is 1. The molecule has 0 saturated carbocycles. The fourth-order valence-corrected chi connectivity index (χ4v) is 1.92. The number of rotatable bonds is 8. The Bertz CT molecular complexity index is 518. The van der Waals surface area contributed by atoms with E-state index in [4.69, 9.17) is 10.3 Å². The molecule has 0 aliphatic carbocycles. The summed E-state index contributed by atoms with van der Waals surface area (Å²) in [5.41, 5.74) is 2.41. The molecule has 8 nitrogen and oxygen atoms in total. The number of nitrogens with zero attached hydrogens (tertiary/aromatic N) is 2. The van der Waals surface area contributed by atoms with Gasteiger partial charge in [0.15, 0.2) is 0 Å². The molecular weight excluding hydrogens is 276 g/mol. The lowest BCUT2D eigenvalue weighted by molar-refractivity contribution is -0.402. The fourth-order valence-electron chi connectivity index (χ4n) is 1.92. The van der Waals surface area contributed by atoms with Gasteiger partial charge < -0.3 is 9.32 Å². The summed E-state index contributed by atoms with van der Waals surface area (Å²) in [5.74, 6) is 4.61. The molecule has 1 aromatic rings. The van der Waals surface area contributed by atoms with E-state index in [1.807, 2.05) is 18.7 Å². The van der Waals surface area contributed by atoms with Gasteiger partial charge in [0, 0.05) is 19.2 Å². The predicted molar refractivity (Wildman–Crippen MR) is 77.8 cm³/mol. The molecule has 0 aliphatic rings. The molecule has 0 spiro atoms. The molecule has 0 bridgehead atoms. The number of hydrogen-bond donors (Lipinski definition) is 2. The molecule has 3 N–H and O–H groups in total. The monoisotopic (exact) mass is 296 g/mol. The van der Waals surface area contributed by atoms with Gasteiger partial charge in [-0.15, -0.1) is 0 Å². The Morgan fingerprint density at radius 3 is 2.48 bits per heavy atom. The number of carbonyl (C=O) groups is 1. The maximum atomic E-state index is 11.9. The minimum atomic E-state index is -0.629. The van der Waals surface area contributed by atoms with Crippen LogP contribution in [0.25, 0.3) is 6.08 Å². The summed E-state index contributed by atoms with van der Waals surface area (Å²) in [6, 6.07) is 2.69. The summed E-state index contributed by atoms with van der Waals surface area (Å²) in [7, 11) is 0. The van der Waals surface area contributed by atoms with Crippen molar-refractivity contribution < 1.29 is 14.1 Å². The molecule has 116 valence electrons. The Morgan fingerprint density at radius 2 is 2.05 bits per heavy atom. The van der Waals surface area contributed by atoms with E-state index >= 15 is 0 Å². The number of hydrogen-bond acceptors (Lipinski definition) is 6. The van der Waals surface area contributed by atoms with Crippen LogP contribution < -0.4 is 11.3 Å². The zero-order chi connectivity index (χ0) is 15.8. The summed E-state index contributed by atoms with van der Waals surface area (Å²) in [6.07, 6.45) is 3.17. The van der Waals surface area contributed by atoms with Crippen molar-refractivity contribution in [3.63, 3.8) is 0 Å². The highest BCUT2D eigenvalue weighted by Gasteiger charge is 2.18. The molecular formula is C13H20N4O4. The van der Waals surface area contributed by atoms with E-state index in [2.05, 4.69) is 5.43 Å². The van der Waals surface area contributed by atoms with Crippen molar-refractivity contribution in [2.75, 3.05) is 13.1 Å². The third-order valence-corrected chi connectivity index (χ3v) is 2.76. The van der Waals surface area contributed by atoms with Gasteiger partial charge in [0.25, 0.3) is 5.91 Å². The highest BCUT2D eigenvalue weighted by atomic mass is 16.6. The smallest absolute Gasteiger partial charge is 0.401 e. The zero-order valence-corrected chi connectivity index (χ0v) is 12.2. The van der Waals surface area contributed by atoms with Gasteiger partial charge in [0.2, 0.25) is 0 Å². The molecule has 1 amide bonds. The Morgan fingerprint density at radius 1 is 1.43 bits per heavy atom. The van der Waals surface area contributed by atoms with Crippen molar-refractivity contribution in [2.24, 2.45) is 5.84 Å². The first-order chi connectivity index (χ1) is 10.0. The second kappa shape index (κ2) is 8.05. The standard InChI is InChI=1S/C13H20N4O4/c1-3-7-16(8-4-2)11(13(18)15-14)9-10-5-6-12(21-10)17(19)20/h5-6,9H,3-4,7-8,14H2,1-2H3,(H,15,18)/b11-9-. The van der Waals surface area contributed by atoms with Gasteiger partial charge in [0.05, 0.1) is 6.07 Å². The Kier molecular flexibility index (Phi) is 6.41. The lowest BCUT2D eigenvalue weighted by atomic mass is 10.2. The number of furan rings is 1. The first-order valence-electron chi connectivity index (χ1n) is 6.75. The summed E-state index contributed by atoms with van der Waals surface area (Å²) in [6.45, 7) is 5.35. The minimum Gasteiger partial charge on any atom is -0.401 e. The third kappa shape index (κ3) is 4.60. The van der Waals surface area contributed by atoms with Crippen molar-refractivity contribution >= 4 is 17.9 Å². The Labute approximate surface area is 122 Å². The van der Waals surface area contributed by atoms with Crippen molar-refractivity contribution in [2.45, 2.75) is 26.7 Å². The van der Waals surface area contributed by atoms with Crippen LogP contribution in [-0.2, 0) is 4.79 Å². The van der Waals surface area contributed by atoms with E-state index in [0.717, 1.165) is 12.8 Å². The molecule has 1 rings (SSSR count). The van der Waals surface area contributed by atoms with Gasteiger partial charge in [-0.25, -0.2) is 5.84 Å². The number of nitrogens with one attached hydrogen (secondary N) is 1. The molecule has 0 radical (unpaired) electrons. The summed E-state index contributed by atoms with van der Waals surface area (Å²) < 4.78 is 5.05. The van der Waals surface area contributed by atoms with Gasteiger partial charge in [-0.05, 0) is 18.9 Å². The third-order valence-electron chi connectivity index (χ3n) is 2.76. The second-order valence-corrected chi connectivity index (χ2v) is 4.42. The van der Waals surface area contributed by atoms with E-state index in [0.29, 0.717) is 18.8 Å². The first-order valence-corrected chi connectivity index (χ1v) is 6.75. The van der Waals surface area contributed by atoms with E-state index in [1.165, 1.54) is 18.2 Å². The number of carbonyl (C=O) groups excluding carboxylic acids is 1. The van der Waals surface area contributed by atoms with E-state index in [1.54, 1.807) is 0 Å². The normalized spacial score (nSPS) is 11.3. The van der Waals surface area contributed by atoms with Crippen LogP contribution in [0.1, 0.15) is 32.4 Å². The molecule has 0 atom stereocenters. The molecule has 8 heteroatoms. The van der Waals surface area contributed by atoms with Crippen LogP contribution in [0, 0.1) is 10.1 Å². The lowest BCUT2D eigenvalue weighted by Crippen LogP contribution is -2.39. The summed E-state index contributed by atoms with van der Waals surface area (Å²) >= 11 is 0. The average molecular weight is 296 g/mol. The Balaban J connectivity index is 3.11. The Hall–Kier alpha value is -2.35. The lowest BCUT2D eigenvalue weighted by Gasteiger charge is -2.25. The number of amides is 1. The maximum absolute atomic E-state index is 11.9. The number of nitrogens with two attached hydrogens (primary N) is 1. The second-order valence-electron chi connectivity index (χ2n) is 4.42. The van der Waals surface area contributed by atoms with Crippen LogP contribution in [0.3, 0.4) is 0 Å². The highest BCUT2D eigenvalue weighted by molar-refractivity contribution is 5.96. The SMILES string of the molecule is CCCN(CCC)/C(=C\c1ccc([N+](=O)[O-])o1)C(=O)NN. The van der Waals surface area contributed by atoms with Gasteiger partial charge in [-0.2, -0.15) is 0 Å². The van der Waals surface area contributed by atoms with E-state index in [-0.39, 0.29) is 11.6 Å². The average Bonchev–Trinajstić information content (AvgIpc) is 2.92. The topological polar surface area (TPSA) is 115 Å². The van der Waals surface area contributed by atoms with Gasteiger partial charge in [-0.1, -0.05) is 13.8 Å². The van der Waals surface area contributed by atoms with Gasteiger partial charge in [0.1, 0.15) is 16.4 Å². The molecule has 1 aromatic heterocycles. The fraction of sp³-hybridized carbons (Fsp3) is 0.462. The molecule has 0 unspecified atom stereocenters. The first kappa shape index (κ1) is 16.7. The van der Waals surface area contributed by atoms with Crippen LogP contribution in [0.2, 0.25) is 0 Å². The highest BCUT2D eigenvalue weighted by Crippen LogP contribution is 2.19. The van der Waals surface area contributed by atoms with Crippen LogP contribution in [0.15, 0.2) is 22.2 Å². The van der Waals surface area contributed by atoms with Crippen LogP contribution >= 0.6 is 0 Å². The molecule has 21 heavy (non-hydrogen) atoms. The van der Waals surface area contributed by atoms with Gasteiger partial charge in [-0.3, -0.25) is 20.3 Å². The van der Waals surface area contributed by atoms with Crippen LogP contribution in [0.5, 0.6) is 0 Å². The van der Waals surface area contributed by atoms with Crippen molar-refractivity contribution in [1.29, 1.82) is 0 Å². The summed E-state index contributed by atoms with van der Waals surface area (Å²) in [4.78, 5) is 23.8. The minimum absolute atomic E-state index is 0.234. The van der Waals surface area contributed by atoms with Crippen LogP contribution in [-0.4, -0.2) is 28.8 Å². The molecule has 0 aliphatic heterocycles. The van der Waals surface area contributed by atoms with Crippen molar-refractivity contribution in [3.05, 3.63) is 33.7 Å². The summed E-state index contributed by atoms with van der Waals surface area (Å²) in [5, 5.41) is 10.6. The van der Waals surface area contributed by atoms with Crippen LogP contribution in [0.4, 0.5) is 5.88 Å². The zero-order valence-electron chi connectivity index (χ0n) is 12.2. The van der Waals surface area contributed by atoms with Crippen molar-refractivity contribution in [3.8, 4) is 0 Å². The number of hydrazine groups is 1. The van der Waals surface area contributed by atoms with E-state index in [9.17, 15) is 14.9 Å².